The summed E-state index contributed by atoms with van der Waals surface area (Å²) in [6, 6.07) is -0.170. The van der Waals surface area contributed by atoms with Gasteiger partial charge in [-0.05, 0) is 0 Å². The van der Waals surface area contributed by atoms with Gasteiger partial charge in [-0.25, -0.2) is 9.90 Å². The zero-order valence-electron chi connectivity index (χ0n) is 7.06. The number of hydrogen-bond acceptors (Lipinski definition) is 2. The van der Waals surface area contributed by atoms with Crippen molar-refractivity contribution in [2.45, 2.75) is 6.10 Å². The van der Waals surface area contributed by atoms with Crippen LogP contribution in [0, 0.1) is 0 Å². The van der Waals surface area contributed by atoms with Gasteiger partial charge in [0.15, 0.2) is 0 Å². The molecule has 5 heteroatoms. The fourth-order valence-corrected chi connectivity index (χ4v) is 1.08. The van der Waals surface area contributed by atoms with Gasteiger partial charge in [0.2, 0.25) is 0 Å². The van der Waals surface area contributed by atoms with E-state index in [1.54, 1.807) is 7.05 Å². The third-order valence-corrected chi connectivity index (χ3v) is 1.88. The van der Waals surface area contributed by atoms with Crippen molar-refractivity contribution in [2.75, 3.05) is 33.3 Å². The number of urea groups is 1. The Morgan fingerprint density at radius 1 is 1.67 bits per heavy atom. The van der Waals surface area contributed by atoms with E-state index in [-0.39, 0.29) is 12.6 Å². The largest absolute Gasteiger partial charge is 0.395 e. The summed E-state index contributed by atoms with van der Waals surface area (Å²) in [5.74, 6) is 0. The molecule has 0 aromatic carbocycles. The van der Waals surface area contributed by atoms with Gasteiger partial charge >= 0.3 is 6.03 Å². The molecule has 0 unspecified atom stereocenters. The number of amides is 2. The Morgan fingerprint density at radius 2 is 2.25 bits per heavy atom. The molecular weight excluding hydrogens is 160 g/mol. The first kappa shape index (κ1) is 9.28. The maximum Gasteiger partial charge on any atom is 0.320 e. The second-order valence-corrected chi connectivity index (χ2v) is 2.95. The minimum Gasteiger partial charge on any atom is -0.395 e. The van der Waals surface area contributed by atoms with Crippen LogP contribution in [0.1, 0.15) is 0 Å². The predicted octanol–water partition coefficient (Wildman–Crippen LogP) is -0.855. The van der Waals surface area contributed by atoms with Crippen molar-refractivity contribution in [2.24, 2.45) is 0 Å². The second kappa shape index (κ2) is 3.73. The number of aliphatic hydroxyl groups is 1. The molecule has 0 saturated carbocycles. The van der Waals surface area contributed by atoms with Crippen molar-refractivity contribution in [3.63, 3.8) is 0 Å². The van der Waals surface area contributed by atoms with Crippen LogP contribution in [-0.2, 0) is 5.11 Å². The average molecular weight is 173 g/mol. The Morgan fingerprint density at radius 3 is 2.67 bits per heavy atom. The van der Waals surface area contributed by atoms with E-state index in [1.165, 1.54) is 9.80 Å². The molecule has 69 valence electrons. The molecule has 5 nitrogen and oxygen atoms in total. The molecule has 2 amide bonds. The number of likely N-dealkylation sites (tertiary alicyclic amines) is 1. The summed E-state index contributed by atoms with van der Waals surface area (Å²) < 4.78 is 0. The summed E-state index contributed by atoms with van der Waals surface area (Å²) in [6.07, 6.45) is -0.614. The first-order valence-corrected chi connectivity index (χ1v) is 3.92. The van der Waals surface area contributed by atoms with Crippen molar-refractivity contribution >= 4 is 6.03 Å². The predicted molar refractivity (Wildman–Crippen MR) is 41.2 cm³/mol. The molecule has 1 saturated heterocycles. The van der Waals surface area contributed by atoms with Crippen LogP contribution in [0.5, 0.6) is 0 Å². The Balaban J connectivity index is 2.28. The number of carbonyl (C=O) groups excluding carboxylic acids is 1. The summed E-state index contributed by atoms with van der Waals surface area (Å²) in [4.78, 5) is 14.2. The molecule has 0 aromatic heterocycles. The quantitative estimate of drug-likeness (QED) is 0.591. The van der Waals surface area contributed by atoms with Crippen LogP contribution in [0.3, 0.4) is 0 Å². The topological polar surface area (TPSA) is 63.7 Å². The minimum absolute atomic E-state index is 0.0448. The summed E-state index contributed by atoms with van der Waals surface area (Å²) >= 11 is 0. The maximum atomic E-state index is 11.3. The van der Waals surface area contributed by atoms with Gasteiger partial charge in [-0.2, -0.15) is 0 Å². The minimum atomic E-state index is -0.614. The van der Waals surface area contributed by atoms with Crippen LogP contribution in [-0.4, -0.2) is 60.3 Å². The molecule has 0 aromatic rings. The number of rotatable bonds is 2. The molecule has 1 fully saturated rings. The van der Waals surface area contributed by atoms with Gasteiger partial charge in [0.25, 0.3) is 0 Å². The summed E-state index contributed by atoms with van der Waals surface area (Å²) in [7, 11) is 1.61. The van der Waals surface area contributed by atoms with E-state index in [9.17, 15) is 9.90 Å². The lowest BCUT2D eigenvalue weighted by molar-refractivity contribution is -0.0283. The van der Waals surface area contributed by atoms with E-state index in [1.807, 2.05) is 0 Å². The van der Waals surface area contributed by atoms with Gasteiger partial charge in [0.1, 0.15) is 6.10 Å². The monoisotopic (exact) mass is 173 g/mol. The number of aliphatic hydroxyl groups excluding tert-OH is 1. The van der Waals surface area contributed by atoms with Crippen LogP contribution < -0.4 is 0 Å². The standard InChI is InChI=1S/C7H13N2O3/c1-8(2-3-10)7(12)9-4-6(11)5-9/h6,10H,2-5H2,1H3. The molecule has 0 bridgehead atoms. The molecule has 12 heavy (non-hydrogen) atoms. The smallest absolute Gasteiger partial charge is 0.320 e. The maximum absolute atomic E-state index is 11.3. The van der Waals surface area contributed by atoms with Gasteiger partial charge < -0.3 is 14.9 Å². The first-order chi connectivity index (χ1) is 5.65. The molecule has 0 spiro atoms. The van der Waals surface area contributed by atoms with Gasteiger partial charge in [-0.1, -0.05) is 0 Å². The third kappa shape index (κ3) is 1.86. The molecule has 1 N–H and O–H groups in total. The Bertz CT molecular complexity index is 161. The molecule has 1 radical (unpaired) electrons. The molecule has 1 aliphatic heterocycles. The summed E-state index contributed by atoms with van der Waals surface area (Å²) in [5, 5.41) is 19.2. The highest BCUT2D eigenvalue weighted by atomic mass is 16.3. The molecule has 1 rings (SSSR count). The van der Waals surface area contributed by atoms with Crippen molar-refractivity contribution in [1.29, 1.82) is 0 Å². The number of hydrogen-bond donors (Lipinski definition) is 1. The van der Waals surface area contributed by atoms with Crippen molar-refractivity contribution in [3.8, 4) is 0 Å². The summed E-state index contributed by atoms with van der Waals surface area (Å²) in [6.45, 7) is 0.874. The van der Waals surface area contributed by atoms with E-state index in [0.29, 0.717) is 19.6 Å². The van der Waals surface area contributed by atoms with Crippen molar-refractivity contribution < 1.29 is 15.0 Å². The normalized spacial score (nSPS) is 17.4. The van der Waals surface area contributed by atoms with Crippen LogP contribution >= 0.6 is 0 Å². The second-order valence-electron chi connectivity index (χ2n) is 2.95. The van der Waals surface area contributed by atoms with Gasteiger partial charge in [0, 0.05) is 13.6 Å². The van der Waals surface area contributed by atoms with Crippen molar-refractivity contribution in [3.05, 3.63) is 0 Å². The average Bonchev–Trinajstić information content (AvgIpc) is 1.98. The molecular formula is C7H13N2O3. The van der Waals surface area contributed by atoms with E-state index in [0.717, 1.165) is 0 Å². The van der Waals surface area contributed by atoms with E-state index in [2.05, 4.69) is 0 Å². The van der Waals surface area contributed by atoms with Crippen molar-refractivity contribution in [1.82, 2.24) is 9.80 Å². The van der Waals surface area contributed by atoms with Crippen LogP contribution in [0.15, 0.2) is 0 Å². The Hall–Kier alpha value is -0.810. The van der Waals surface area contributed by atoms with Crippen LogP contribution in [0.4, 0.5) is 4.79 Å². The lowest BCUT2D eigenvalue weighted by Gasteiger charge is -2.37. The number of nitrogens with zero attached hydrogens (tertiary/aromatic N) is 2. The fraction of sp³-hybridized carbons (Fsp3) is 0.857. The number of carbonyl (C=O) groups is 1. The SMILES string of the molecule is CN(CCO)C(=O)N1CC([O])C1. The lowest BCUT2D eigenvalue weighted by atomic mass is 10.2. The molecule has 0 atom stereocenters. The number of likely N-dealkylation sites (N-methyl/N-ethyl adjacent to an activating group) is 1. The zero-order valence-corrected chi connectivity index (χ0v) is 7.06. The Labute approximate surface area is 71.2 Å². The van der Waals surface area contributed by atoms with E-state index in [4.69, 9.17) is 5.11 Å². The van der Waals surface area contributed by atoms with Gasteiger partial charge in [0.05, 0.1) is 19.7 Å². The molecule has 0 aliphatic carbocycles. The zero-order chi connectivity index (χ0) is 9.14. The van der Waals surface area contributed by atoms with Gasteiger partial charge in [-0.15, -0.1) is 0 Å². The highest BCUT2D eigenvalue weighted by molar-refractivity contribution is 5.75. The highest BCUT2D eigenvalue weighted by Gasteiger charge is 2.31. The van der Waals surface area contributed by atoms with E-state index < -0.39 is 6.10 Å². The Kier molecular flexibility index (Phi) is 2.88. The molecule has 1 heterocycles. The third-order valence-electron chi connectivity index (χ3n) is 1.88. The van der Waals surface area contributed by atoms with E-state index >= 15 is 0 Å². The highest BCUT2D eigenvalue weighted by Crippen LogP contribution is 2.09. The molecule has 1 aliphatic rings. The summed E-state index contributed by atoms with van der Waals surface area (Å²) in [5.41, 5.74) is 0. The van der Waals surface area contributed by atoms with Crippen LogP contribution in [0.2, 0.25) is 0 Å². The van der Waals surface area contributed by atoms with Crippen LogP contribution in [0.25, 0.3) is 0 Å². The van der Waals surface area contributed by atoms with Gasteiger partial charge in [-0.3, -0.25) is 0 Å². The first-order valence-electron chi connectivity index (χ1n) is 3.92. The lowest BCUT2D eigenvalue weighted by Crippen LogP contribution is -2.56. The fourth-order valence-electron chi connectivity index (χ4n) is 1.08.